The number of hydrogen-bond donors (Lipinski definition) is 2. The minimum atomic E-state index is -0.110. The molecule has 17 heavy (non-hydrogen) atoms. The van der Waals surface area contributed by atoms with Crippen LogP contribution in [0.15, 0.2) is 53.0 Å². The van der Waals surface area contributed by atoms with E-state index in [2.05, 4.69) is 21.4 Å². The first kappa shape index (κ1) is 12.6. The van der Waals surface area contributed by atoms with Gasteiger partial charge in [0, 0.05) is 4.47 Å². The Morgan fingerprint density at radius 2 is 1.76 bits per heavy atom. The Morgan fingerprint density at radius 3 is 2.41 bits per heavy atom. The van der Waals surface area contributed by atoms with Gasteiger partial charge in [0.2, 0.25) is 0 Å². The fraction of sp³-hybridized carbons (Fsp3) is 0.0769. The van der Waals surface area contributed by atoms with Gasteiger partial charge in [-0.25, -0.2) is 5.43 Å². The van der Waals surface area contributed by atoms with E-state index in [0.29, 0.717) is 5.02 Å². The maximum Gasteiger partial charge on any atom is 0.0724 e. The van der Waals surface area contributed by atoms with Gasteiger partial charge >= 0.3 is 0 Å². The molecule has 1 unspecified atom stereocenters. The molecule has 4 heteroatoms. The van der Waals surface area contributed by atoms with E-state index >= 15 is 0 Å². The van der Waals surface area contributed by atoms with Gasteiger partial charge in [-0.1, -0.05) is 54.1 Å². The van der Waals surface area contributed by atoms with Gasteiger partial charge in [-0.2, -0.15) is 0 Å². The number of nitrogens with one attached hydrogen (secondary N) is 1. The van der Waals surface area contributed by atoms with Crippen molar-refractivity contribution in [2.24, 2.45) is 5.84 Å². The number of rotatable bonds is 3. The van der Waals surface area contributed by atoms with Crippen LogP contribution in [0.2, 0.25) is 5.02 Å². The van der Waals surface area contributed by atoms with Crippen LogP contribution in [-0.2, 0) is 0 Å². The quantitative estimate of drug-likeness (QED) is 0.670. The van der Waals surface area contributed by atoms with E-state index in [4.69, 9.17) is 17.4 Å². The predicted octanol–water partition coefficient (Wildman–Crippen LogP) is 3.66. The summed E-state index contributed by atoms with van der Waals surface area (Å²) in [7, 11) is 0. The standard InChI is InChI=1S/C13H12BrClN2/c14-11-8-4-7-10(12(11)15)13(17-16)9-5-2-1-3-6-9/h1-8,13,17H,16H2. The van der Waals surface area contributed by atoms with Crippen LogP contribution in [0.3, 0.4) is 0 Å². The summed E-state index contributed by atoms with van der Waals surface area (Å²) in [6.07, 6.45) is 0. The normalized spacial score (nSPS) is 12.4. The van der Waals surface area contributed by atoms with Gasteiger partial charge in [0.1, 0.15) is 0 Å². The zero-order valence-corrected chi connectivity index (χ0v) is 11.4. The second-order valence-corrected chi connectivity index (χ2v) is 4.89. The molecule has 0 saturated heterocycles. The molecule has 0 heterocycles. The van der Waals surface area contributed by atoms with Crippen molar-refractivity contribution in [3.8, 4) is 0 Å². The zero-order valence-electron chi connectivity index (χ0n) is 9.03. The van der Waals surface area contributed by atoms with E-state index < -0.39 is 0 Å². The summed E-state index contributed by atoms with van der Waals surface area (Å²) in [6.45, 7) is 0. The van der Waals surface area contributed by atoms with Crippen LogP contribution in [0.1, 0.15) is 17.2 Å². The third-order valence-electron chi connectivity index (χ3n) is 2.59. The van der Waals surface area contributed by atoms with Crippen LogP contribution in [0.4, 0.5) is 0 Å². The van der Waals surface area contributed by atoms with Crippen LogP contribution in [0.25, 0.3) is 0 Å². The van der Waals surface area contributed by atoms with Crippen molar-refractivity contribution in [3.63, 3.8) is 0 Å². The molecule has 2 aromatic rings. The Morgan fingerprint density at radius 1 is 1.06 bits per heavy atom. The number of hydrazine groups is 1. The van der Waals surface area contributed by atoms with Crippen LogP contribution < -0.4 is 11.3 Å². The molecule has 2 rings (SSSR count). The van der Waals surface area contributed by atoms with Crippen molar-refractivity contribution in [1.29, 1.82) is 0 Å². The monoisotopic (exact) mass is 310 g/mol. The van der Waals surface area contributed by atoms with E-state index in [9.17, 15) is 0 Å². The molecule has 0 fully saturated rings. The molecule has 2 nitrogen and oxygen atoms in total. The van der Waals surface area contributed by atoms with E-state index in [1.165, 1.54) is 0 Å². The van der Waals surface area contributed by atoms with Gasteiger partial charge in [0.15, 0.2) is 0 Å². The summed E-state index contributed by atoms with van der Waals surface area (Å²) in [5, 5.41) is 0.680. The molecule has 0 aliphatic rings. The summed E-state index contributed by atoms with van der Waals surface area (Å²) >= 11 is 9.69. The Balaban J connectivity index is 2.46. The molecule has 0 aliphatic carbocycles. The molecule has 1 atom stereocenters. The van der Waals surface area contributed by atoms with Crippen LogP contribution in [0.5, 0.6) is 0 Å². The van der Waals surface area contributed by atoms with Crippen molar-refractivity contribution in [2.75, 3.05) is 0 Å². The Kier molecular flexibility index (Phi) is 4.18. The summed E-state index contributed by atoms with van der Waals surface area (Å²) < 4.78 is 0.868. The van der Waals surface area contributed by atoms with Crippen LogP contribution in [0, 0.1) is 0 Å². The van der Waals surface area contributed by atoms with Crippen LogP contribution >= 0.6 is 27.5 Å². The van der Waals surface area contributed by atoms with E-state index in [0.717, 1.165) is 15.6 Å². The van der Waals surface area contributed by atoms with Crippen molar-refractivity contribution < 1.29 is 0 Å². The number of benzene rings is 2. The molecule has 3 N–H and O–H groups in total. The number of hydrogen-bond acceptors (Lipinski definition) is 2. The lowest BCUT2D eigenvalue weighted by atomic mass is 9.99. The summed E-state index contributed by atoms with van der Waals surface area (Å²) in [5.41, 5.74) is 4.83. The molecule has 0 amide bonds. The first-order valence-corrected chi connectivity index (χ1v) is 6.36. The fourth-order valence-corrected chi connectivity index (χ4v) is 2.37. The highest BCUT2D eigenvalue weighted by molar-refractivity contribution is 9.10. The molecule has 0 spiro atoms. The number of halogens is 2. The van der Waals surface area contributed by atoms with Gasteiger partial charge < -0.3 is 0 Å². The van der Waals surface area contributed by atoms with Crippen molar-refractivity contribution >= 4 is 27.5 Å². The van der Waals surface area contributed by atoms with Crippen molar-refractivity contribution in [1.82, 2.24) is 5.43 Å². The summed E-state index contributed by atoms with van der Waals surface area (Å²) in [6, 6.07) is 15.7. The third-order valence-corrected chi connectivity index (χ3v) is 3.90. The highest BCUT2D eigenvalue weighted by Gasteiger charge is 2.16. The largest absolute Gasteiger partial charge is 0.271 e. The van der Waals surface area contributed by atoms with Gasteiger partial charge in [-0.3, -0.25) is 5.84 Å². The van der Waals surface area contributed by atoms with Gasteiger partial charge in [0.25, 0.3) is 0 Å². The topological polar surface area (TPSA) is 38.0 Å². The molecule has 0 aromatic heterocycles. The van der Waals surface area contributed by atoms with E-state index in [-0.39, 0.29) is 6.04 Å². The Labute approximate surface area is 114 Å². The van der Waals surface area contributed by atoms with Gasteiger partial charge in [0.05, 0.1) is 11.1 Å². The summed E-state index contributed by atoms with van der Waals surface area (Å²) in [4.78, 5) is 0. The second kappa shape index (κ2) is 5.65. The predicted molar refractivity (Wildman–Crippen MR) is 74.8 cm³/mol. The lowest BCUT2D eigenvalue weighted by molar-refractivity contribution is 0.637. The molecular formula is C13H12BrClN2. The fourth-order valence-electron chi connectivity index (χ4n) is 1.75. The SMILES string of the molecule is NNC(c1ccccc1)c1cccc(Br)c1Cl. The second-order valence-electron chi connectivity index (χ2n) is 3.65. The average molecular weight is 312 g/mol. The molecule has 88 valence electrons. The first-order chi connectivity index (χ1) is 8.24. The molecule has 0 radical (unpaired) electrons. The molecule has 0 aliphatic heterocycles. The maximum atomic E-state index is 6.27. The average Bonchev–Trinajstić information content (AvgIpc) is 2.37. The molecule has 0 bridgehead atoms. The summed E-state index contributed by atoms with van der Waals surface area (Å²) in [5.74, 6) is 5.63. The maximum absolute atomic E-state index is 6.27. The van der Waals surface area contributed by atoms with E-state index in [1.54, 1.807) is 0 Å². The lowest BCUT2D eigenvalue weighted by Gasteiger charge is -2.18. The molecular weight excluding hydrogens is 300 g/mol. The van der Waals surface area contributed by atoms with Crippen LogP contribution in [-0.4, -0.2) is 0 Å². The highest BCUT2D eigenvalue weighted by Crippen LogP contribution is 2.32. The van der Waals surface area contributed by atoms with Gasteiger partial charge in [-0.05, 0) is 33.1 Å². The van der Waals surface area contributed by atoms with Crippen molar-refractivity contribution in [3.05, 3.63) is 69.2 Å². The van der Waals surface area contributed by atoms with Crippen molar-refractivity contribution in [2.45, 2.75) is 6.04 Å². The molecule has 0 saturated carbocycles. The Hall–Kier alpha value is -0.870. The number of nitrogens with two attached hydrogens (primary N) is 1. The minimum absolute atomic E-state index is 0.110. The highest BCUT2D eigenvalue weighted by atomic mass is 79.9. The lowest BCUT2D eigenvalue weighted by Crippen LogP contribution is -2.29. The molecule has 2 aromatic carbocycles. The van der Waals surface area contributed by atoms with E-state index in [1.807, 2.05) is 48.5 Å². The Bertz CT molecular complexity index is 502. The smallest absolute Gasteiger partial charge is 0.0724 e. The zero-order chi connectivity index (χ0) is 12.3. The first-order valence-electron chi connectivity index (χ1n) is 5.19. The minimum Gasteiger partial charge on any atom is -0.271 e. The third kappa shape index (κ3) is 2.69. The van der Waals surface area contributed by atoms with Gasteiger partial charge in [-0.15, -0.1) is 0 Å².